The van der Waals surface area contributed by atoms with Crippen molar-refractivity contribution in [2.24, 2.45) is 5.92 Å². The molecule has 0 radical (unpaired) electrons. The summed E-state index contributed by atoms with van der Waals surface area (Å²) in [5.41, 5.74) is 0.0223. The molecule has 1 unspecified atom stereocenters. The topological polar surface area (TPSA) is 20.3 Å². The molecule has 1 aromatic carbocycles. The average molecular weight is 321 g/mol. The van der Waals surface area contributed by atoms with Gasteiger partial charge in [-0.05, 0) is 24.5 Å². The van der Waals surface area contributed by atoms with Gasteiger partial charge in [0.2, 0.25) is 5.91 Å². The zero-order valence-electron chi connectivity index (χ0n) is 12.0. The van der Waals surface area contributed by atoms with E-state index >= 15 is 0 Å². The summed E-state index contributed by atoms with van der Waals surface area (Å²) in [4.78, 5) is 12.7. The van der Waals surface area contributed by atoms with Crippen molar-refractivity contribution in [2.75, 3.05) is 13.1 Å². The maximum Gasteiger partial charge on any atom is 0.406 e. The number of hydrogen-bond donors (Lipinski definition) is 0. The Balaban J connectivity index is 2.29. The van der Waals surface area contributed by atoms with Crippen molar-refractivity contribution in [3.8, 4) is 0 Å². The van der Waals surface area contributed by atoms with Gasteiger partial charge in [-0.15, -0.1) is 0 Å². The largest absolute Gasteiger partial charge is 0.406 e. The van der Waals surface area contributed by atoms with Crippen LogP contribution in [0.2, 0.25) is 0 Å². The SMILES string of the molecule is C[C@@H]1CCC(c2cccc(F)c2F)CN(CC(F)(F)F)C1=O. The minimum absolute atomic E-state index is 0.0223. The molecule has 1 amide bonds. The number of rotatable bonds is 2. The first kappa shape index (κ1) is 16.7. The van der Waals surface area contributed by atoms with Gasteiger partial charge >= 0.3 is 6.18 Å². The highest BCUT2D eigenvalue weighted by molar-refractivity contribution is 5.79. The fourth-order valence-electron chi connectivity index (χ4n) is 2.78. The number of amides is 1. The molecule has 22 heavy (non-hydrogen) atoms. The molecule has 1 saturated heterocycles. The lowest BCUT2D eigenvalue weighted by molar-refractivity contribution is -0.163. The summed E-state index contributed by atoms with van der Waals surface area (Å²) in [7, 11) is 0. The van der Waals surface area contributed by atoms with Gasteiger partial charge in [0.05, 0.1) is 0 Å². The third-order valence-electron chi connectivity index (χ3n) is 3.91. The van der Waals surface area contributed by atoms with Crippen LogP contribution in [0, 0.1) is 17.6 Å². The van der Waals surface area contributed by atoms with Crippen molar-refractivity contribution in [2.45, 2.75) is 31.9 Å². The molecule has 1 heterocycles. The first-order valence-electron chi connectivity index (χ1n) is 6.98. The van der Waals surface area contributed by atoms with Gasteiger partial charge in [0, 0.05) is 18.4 Å². The van der Waals surface area contributed by atoms with E-state index in [9.17, 15) is 26.7 Å². The third kappa shape index (κ3) is 3.75. The first-order valence-corrected chi connectivity index (χ1v) is 6.98. The van der Waals surface area contributed by atoms with E-state index in [1.807, 2.05) is 0 Å². The number of hydrogen-bond acceptors (Lipinski definition) is 1. The third-order valence-corrected chi connectivity index (χ3v) is 3.91. The summed E-state index contributed by atoms with van der Waals surface area (Å²) < 4.78 is 65.1. The molecular formula is C15H16F5NO. The summed E-state index contributed by atoms with van der Waals surface area (Å²) in [6.45, 7) is -0.0807. The summed E-state index contributed by atoms with van der Waals surface area (Å²) in [5.74, 6) is -3.91. The molecule has 1 aromatic rings. The van der Waals surface area contributed by atoms with Crippen molar-refractivity contribution in [1.82, 2.24) is 4.90 Å². The van der Waals surface area contributed by atoms with Crippen LogP contribution in [0.4, 0.5) is 22.0 Å². The Morgan fingerprint density at radius 2 is 1.91 bits per heavy atom. The zero-order chi connectivity index (χ0) is 16.5. The van der Waals surface area contributed by atoms with E-state index in [-0.39, 0.29) is 12.1 Å². The van der Waals surface area contributed by atoms with E-state index < -0.39 is 42.1 Å². The van der Waals surface area contributed by atoms with Crippen LogP contribution in [0.15, 0.2) is 18.2 Å². The van der Waals surface area contributed by atoms with E-state index in [1.54, 1.807) is 6.92 Å². The lowest BCUT2D eigenvalue weighted by Crippen LogP contribution is -2.42. The second kappa shape index (κ2) is 6.22. The van der Waals surface area contributed by atoms with Gasteiger partial charge in [-0.25, -0.2) is 8.78 Å². The minimum Gasteiger partial charge on any atom is -0.333 e. The van der Waals surface area contributed by atoms with Crippen LogP contribution >= 0.6 is 0 Å². The molecule has 0 aliphatic carbocycles. The number of carbonyl (C=O) groups excluding carboxylic acids is 1. The molecule has 1 aliphatic rings. The predicted octanol–water partition coefficient (Wildman–Crippen LogP) is 3.87. The predicted molar refractivity (Wildman–Crippen MR) is 70.1 cm³/mol. The Morgan fingerprint density at radius 1 is 1.23 bits per heavy atom. The Hall–Kier alpha value is -1.66. The second-order valence-corrected chi connectivity index (χ2v) is 5.65. The molecule has 122 valence electrons. The van der Waals surface area contributed by atoms with Crippen LogP contribution in [0.25, 0.3) is 0 Å². The number of likely N-dealkylation sites (tertiary alicyclic amines) is 1. The molecule has 1 aliphatic heterocycles. The molecule has 1 fully saturated rings. The van der Waals surface area contributed by atoms with Gasteiger partial charge in [0.1, 0.15) is 6.54 Å². The molecule has 0 N–H and O–H groups in total. The maximum atomic E-state index is 13.9. The van der Waals surface area contributed by atoms with Gasteiger partial charge in [0.15, 0.2) is 11.6 Å². The zero-order valence-corrected chi connectivity index (χ0v) is 12.0. The lowest BCUT2D eigenvalue weighted by atomic mass is 9.92. The highest BCUT2D eigenvalue weighted by atomic mass is 19.4. The Bertz CT molecular complexity index is 557. The summed E-state index contributed by atoms with van der Waals surface area (Å²) in [6.07, 6.45) is -3.85. The van der Waals surface area contributed by atoms with Crippen molar-refractivity contribution in [1.29, 1.82) is 0 Å². The van der Waals surface area contributed by atoms with Gasteiger partial charge < -0.3 is 4.90 Å². The number of nitrogens with zero attached hydrogens (tertiary/aromatic N) is 1. The smallest absolute Gasteiger partial charge is 0.333 e. The molecule has 0 aromatic heterocycles. The van der Waals surface area contributed by atoms with Crippen LogP contribution in [0.5, 0.6) is 0 Å². The first-order chi connectivity index (χ1) is 10.2. The molecule has 0 bridgehead atoms. The van der Waals surface area contributed by atoms with Gasteiger partial charge in [-0.3, -0.25) is 4.79 Å². The highest BCUT2D eigenvalue weighted by Crippen LogP contribution is 2.32. The highest BCUT2D eigenvalue weighted by Gasteiger charge is 2.38. The minimum atomic E-state index is -4.52. The van der Waals surface area contributed by atoms with E-state index in [0.717, 1.165) is 6.07 Å². The molecule has 2 nitrogen and oxygen atoms in total. The van der Waals surface area contributed by atoms with Gasteiger partial charge in [-0.1, -0.05) is 19.1 Å². The Labute approximate surface area is 124 Å². The number of benzene rings is 1. The maximum absolute atomic E-state index is 13.9. The van der Waals surface area contributed by atoms with Gasteiger partial charge in [-0.2, -0.15) is 13.2 Å². The van der Waals surface area contributed by atoms with E-state index in [2.05, 4.69) is 0 Å². The van der Waals surface area contributed by atoms with Gasteiger partial charge in [0.25, 0.3) is 0 Å². The average Bonchev–Trinajstić information content (AvgIpc) is 2.54. The molecule has 0 spiro atoms. The number of halogens is 5. The fourth-order valence-corrected chi connectivity index (χ4v) is 2.78. The normalized spacial score (nSPS) is 23.5. The Morgan fingerprint density at radius 3 is 2.55 bits per heavy atom. The molecule has 7 heteroatoms. The van der Waals surface area contributed by atoms with E-state index in [1.165, 1.54) is 12.1 Å². The van der Waals surface area contributed by atoms with Crippen LogP contribution in [0.3, 0.4) is 0 Å². The summed E-state index contributed by atoms with van der Waals surface area (Å²) >= 11 is 0. The second-order valence-electron chi connectivity index (χ2n) is 5.65. The number of carbonyl (C=O) groups is 1. The van der Waals surface area contributed by atoms with Crippen LogP contribution in [-0.4, -0.2) is 30.1 Å². The molecule has 0 saturated carbocycles. The van der Waals surface area contributed by atoms with E-state index in [4.69, 9.17) is 0 Å². The van der Waals surface area contributed by atoms with Crippen LogP contribution < -0.4 is 0 Å². The Kier molecular flexibility index (Phi) is 4.72. The summed E-state index contributed by atoms with van der Waals surface area (Å²) in [5, 5.41) is 0. The van der Waals surface area contributed by atoms with E-state index in [0.29, 0.717) is 17.7 Å². The lowest BCUT2D eigenvalue weighted by Gasteiger charge is -2.27. The monoisotopic (exact) mass is 321 g/mol. The van der Waals surface area contributed by atoms with Crippen molar-refractivity contribution in [3.05, 3.63) is 35.4 Å². The van der Waals surface area contributed by atoms with Crippen molar-refractivity contribution in [3.63, 3.8) is 0 Å². The standard InChI is InChI=1S/C15H16F5NO/c1-9-5-6-10(11-3-2-4-12(16)13(11)17)7-21(14(9)22)8-15(18,19)20/h2-4,9-10H,5-8H2,1H3/t9-,10?/m1/s1. The fraction of sp³-hybridized carbons (Fsp3) is 0.533. The van der Waals surface area contributed by atoms with Crippen LogP contribution in [-0.2, 0) is 4.79 Å². The van der Waals surface area contributed by atoms with Crippen molar-refractivity contribution >= 4 is 5.91 Å². The number of alkyl halides is 3. The quantitative estimate of drug-likeness (QED) is 0.757. The van der Waals surface area contributed by atoms with Crippen molar-refractivity contribution < 1.29 is 26.7 Å². The molecular weight excluding hydrogens is 305 g/mol. The molecule has 2 rings (SSSR count). The molecule has 2 atom stereocenters. The summed E-state index contributed by atoms with van der Waals surface area (Å²) in [6, 6.07) is 3.63. The van der Waals surface area contributed by atoms with Crippen LogP contribution in [0.1, 0.15) is 31.2 Å².